The molecule has 0 radical (unpaired) electrons. The van der Waals surface area contributed by atoms with Crippen molar-refractivity contribution in [2.24, 2.45) is 0 Å². The van der Waals surface area contributed by atoms with Gasteiger partial charge in [-0.3, -0.25) is 0 Å². The van der Waals surface area contributed by atoms with Gasteiger partial charge in [0.05, 0.1) is 28.6 Å². The van der Waals surface area contributed by atoms with Gasteiger partial charge in [-0.15, -0.1) is 0 Å². The Kier molecular flexibility index (Phi) is 8.14. The fraction of sp³-hybridized carbons (Fsp3) is 0.516. The summed E-state index contributed by atoms with van der Waals surface area (Å²) in [6.45, 7) is 7.72. The second kappa shape index (κ2) is 11.8. The number of hydrogen-bond acceptors (Lipinski definition) is 9. The van der Waals surface area contributed by atoms with Crippen LogP contribution >= 0.6 is 0 Å². The van der Waals surface area contributed by atoms with E-state index < -0.39 is 24.6 Å². The van der Waals surface area contributed by atoms with Crippen molar-refractivity contribution < 1.29 is 27.4 Å². The third-order valence-electron chi connectivity index (χ3n) is 8.64. The molecule has 2 N–H and O–H groups in total. The van der Waals surface area contributed by atoms with E-state index in [4.69, 9.17) is 4.74 Å². The summed E-state index contributed by atoms with van der Waals surface area (Å²) in [5, 5.41) is 14.7. The highest BCUT2D eigenvalue weighted by Crippen LogP contribution is 2.42. The van der Waals surface area contributed by atoms with Gasteiger partial charge >= 0.3 is 6.18 Å². The lowest BCUT2D eigenvalue weighted by Crippen LogP contribution is -2.52. The number of aliphatic hydroxyl groups is 1. The van der Waals surface area contributed by atoms with E-state index in [0.29, 0.717) is 34.9 Å². The molecule has 242 valence electrons. The summed E-state index contributed by atoms with van der Waals surface area (Å²) in [5.41, 5.74) is 0.965. The molecule has 14 heteroatoms. The fourth-order valence-electron chi connectivity index (χ4n) is 6.04. The zero-order valence-electron chi connectivity index (χ0n) is 25.8. The van der Waals surface area contributed by atoms with Gasteiger partial charge in [0.25, 0.3) is 0 Å². The summed E-state index contributed by atoms with van der Waals surface area (Å²) in [7, 11) is 2.05. The van der Waals surface area contributed by atoms with Gasteiger partial charge in [-0.05, 0) is 46.4 Å². The Morgan fingerprint density at radius 1 is 1.04 bits per heavy atom. The number of halogens is 4. The van der Waals surface area contributed by atoms with Crippen molar-refractivity contribution in [3.05, 3.63) is 36.7 Å². The Labute approximate surface area is 258 Å². The molecule has 0 bridgehead atoms. The van der Waals surface area contributed by atoms with Gasteiger partial charge in [0, 0.05) is 74.4 Å². The number of benzene rings is 1. The van der Waals surface area contributed by atoms with Crippen LogP contribution in [0.4, 0.5) is 40.8 Å². The van der Waals surface area contributed by atoms with Crippen molar-refractivity contribution >= 4 is 45.1 Å². The molecule has 2 fully saturated rings. The number of fused-ring (bicyclic) bond motifs is 3. The highest BCUT2D eigenvalue weighted by Gasteiger charge is 2.38. The highest BCUT2D eigenvalue weighted by molar-refractivity contribution is 6.12. The number of ether oxygens (including phenoxy) is 1. The smallest absolute Gasteiger partial charge is 0.422 e. The molecule has 2 atom stereocenters. The number of nitrogens with one attached hydrogen (secondary N) is 1. The van der Waals surface area contributed by atoms with Crippen LogP contribution in [-0.4, -0.2) is 100 Å². The average molecular weight is 631 g/mol. The lowest BCUT2D eigenvalue weighted by Gasteiger charge is -2.38. The maximum absolute atomic E-state index is 14.5. The first kappa shape index (κ1) is 31.1. The summed E-state index contributed by atoms with van der Waals surface area (Å²) in [6, 6.07) is 7.22. The van der Waals surface area contributed by atoms with Gasteiger partial charge in [0.15, 0.2) is 6.61 Å². The molecule has 2 aliphatic rings. The first-order valence-electron chi connectivity index (χ1n) is 15.1. The van der Waals surface area contributed by atoms with Crippen molar-refractivity contribution in [1.82, 2.24) is 24.4 Å². The van der Waals surface area contributed by atoms with Crippen LogP contribution in [0.2, 0.25) is 0 Å². The first-order valence-corrected chi connectivity index (χ1v) is 15.1. The largest absolute Gasteiger partial charge is 0.483 e. The zero-order chi connectivity index (χ0) is 32.1. The molecule has 0 spiro atoms. The molecule has 6 rings (SSSR count). The molecule has 1 aromatic carbocycles. The molecule has 0 saturated carbocycles. The lowest BCUT2D eigenvalue weighted by atomic mass is 9.92. The van der Waals surface area contributed by atoms with Crippen molar-refractivity contribution in [1.29, 1.82) is 0 Å². The van der Waals surface area contributed by atoms with E-state index in [1.54, 1.807) is 29.4 Å². The Bertz CT molecular complexity index is 1680. The van der Waals surface area contributed by atoms with Crippen molar-refractivity contribution in [3.63, 3.8) is 0 Å². The monoisotopic (exact) mass is 630 g/mol. The standard InChI is InChI=1S/C31H38F4N8O2/c1-19(2)43-22-15-27(38-26-5-7-36-29(39-26)42-8-6-30(3,44)25(32)17-42)37-16-21(22)28-23(43)13-20(41-11-9-40(4)10-12-41)14-24(28)45-18-31(33,34)35/h5,7,13-16,19,25,44H,6,8-12,17-18H2,1-4H3,(H,36,37,38,39)/t25-,30+/m0/s1. The van der Waals surface area contributed by atoms with Gasteiger partial charge < -0.3 is 34.4 Å². The molecule has 10 nitrogen and oxygen atoms in total. The third-order valence-corrected chi connectivity index (χ3v) is 8.64. The molecule has 3 aromatic heterocycles. The SMILES string of the molecule is CC(C)n1c2cc(Nc3ccnc(N4CC[C@@](C)(O)[C@@H](F)C4)n3)ncc2c2c(OCC(F)(F)F)cc(N3CCN(C)CC3)cc21. The van der Waals surface area contributed by atoms with Crippen LogP contribution in [0.15, 0.2) is 36.7 Å². The van der Waals surface area contributed by atoms with Crippen LogP contribution in [0.25, 0.3) is 21.8 Å². The maximum atomic E-state index is 14.5. The molecular formula is C31H38F4N8O2. The first-order chi connectivity index (χ1) is 21.3. The molecule has 0 aliphatic carbocycles. The van der Waals surface area contributed by atoms with Crippen LogP contribution in [0.1, 0.15) is 33.2 Å². The second-order valence-electron chi connectivity index (χ2n) is 12.5. The molecule has 5 heterocycles. The minimum Gasteiger partial charge on any atom is -0.483 e. The number of pyridine rings is 1. The van der Waals surface area contributed by atoms with E-state index in [2.05, 4.69) is 41.7 Å². The van der Waals surface area contributed by atoms with E-state index in [-0.39, 0.29) is 24.8 Å². The molecule has 0 unspecified atom stereocenters. The minimum absolute atomic E-state index is 0.0238. The molecular weight excluding hydrogens is 592 g/mol. The predicted molar refractivity (Wildman–Crippen MR) is 167 cm³/mol. The van der Waals surface area contributed by atoms with E-state index >= 15 is 0 Å². The van der Waals surface area contributed by atoms with Gasteiger partial charge in [0.1, 0.15) is 23.6 Å². The minimum atomic E-state index is -4.49. The average Bonchev–Trinajstić information content (AvgIpc) is 3.31. The van der Waals surface area contributed by atoms with Crippen molar-refractivity contribution in [3.8, 4) is 5.75 Å². The summed E-state index contributed by atoms with van der Waals surface area (Å²) < 4.78 is 62.1. The summed E-state index contributed by atoms with van der Waals surface area (Å²) in [6.07, 6.45) is -2.47. The molecule has 2 saturated heterocycles. The molecule has 45 heavy (non-hydrogen) atoms. The fourth-order valence-corrected chi connectivity index (χ4v) is 6.04. The highest BCUT2D eigenvalue weighted by atomic mass is 19.4. The summed E-state index contributed by atoms with van der Waals surface area (Å²) in [5.74, 6) is 1.41. The number of alkyl halides is 4. The van der Waals surface area contributed by atoms with E-state index in [1.165, 1.54) is 6.92 Å². The Hall–Kier alpha value is -3.91. The molecule has 4 aromatic rings. The Morgan fingerprint density at radius 2 is 1.80 bits per heavy atom. The van der Waals surface area contributed by atoms with Crippen molar-refractivity contribution in [2.75, 3.05) is 68.0 Å². The summed E-state index contributed by atoms with van der Waals surface area (Å²) in [4.78, 5) is 19.5. The topological polar surface area (TPSA) is 94.8 Å². The van der Waals surface area contributed by atoms with Crippen LogP contribution < -0.4 is 19.9 Å². The molecule has 2 aliphatic heterocycles. The lowest BCUT2D eigenvalue weighted by molar-refractivity contribution is -0.153. The predicted octanol–water partition coefficient (Wildman–Crippen LogP) is 5.30. The maximum Gasteiger partial charge on any atom is 0.422 e. The van der Waals surface area contributed by atoms with Crippen molar-refractivity contribution in [2.45, 2.75) is 51.2 Å². The number of piperazine rings is 1. The van der Waals surface area contributed by atoms with Gasteiger partial charge in [-0.2, -0.15) is 18.2 Å². The van der Waals surface area contributed by atoms with Crippen LogP contribution in [0.3, 0.4) is 0 Å². The van der Waals surface area contributed by atoms with E-state index in [1.807, 2.05) is 26.0 Å². The quantitative estimate of drug-likeness (QED) is 0.264. The van der Waals surface area contributed by atoms with Gasteiger partial charge in [0.2, 0.25) is 5.95 Å². The summed E-state index contributed by atoms with van der Waals surface area (Å²) >= 11 is 0. The van der Waals surface area contributed by atoms with Crippen LogP contribution in [-0.2, 0) is 0 Å². The van der Waals surface area contributed by atoms with Gasteiger partial charge in [-0.25, -0.2) is 14.4 Å². The van der Waals surface area contributed by atoms with Crippen LogP contribution in [0.5, 0.6) is 5.75 Å². The van der Waals surface area contributed by atoms with Gasteiger partial charge in [-0.1, -0.05) is 0 Å². The third kappa shape index (κ3) is 6.43. The molecule has 0 amide bonds. The zero-order valence-corrected chi connectivity index (χ0v) is 25.8. The number of nitrogens with zero attached hydrogens (tertiary/aromatic N) is 7. The number of hydrogen-bond donors (Lipinski definition) is 2. The normalized spacial score (nSPS) is 21.7. The van der Waals surface area contributed by atoms with Crippen LogP contribution in [0, 0.1) is 0 Å². The number of aromatic nitrogens is 4. The number of likely N-dealkylation sites (N-methyl/N-ethyl adjacent to an activating group) is 1. The number of anilines is 4. The number of piperidine rings is 1. The second-order valence-corrected chi connectivity index (χ2v) is 12.5. The Morgan fingerprint density at radius 3 is 2.49 bits per heavy atom. The van der Waals surface area contributed by atoms with E-state index in [9.17, 15) is 22.7 Å². The number of rotatable bonds is 7. The van der Waals surface area contributed by atoms with E-state index in [0.717, 1.165) is 42.9 Å². The Balaban J connectivity index is 1.38.